The van der Waals surface area contributed by atoms with Crippen LogP contribution < -0.4 is 0 Å². The number of aliphatic hydroxyl groups is 1. The molecule has 1 N–H and O–H groups in total. The Morgan fingerprint density at radius 2 is 1.57 bits per heavy atom. The van der Waals surface area contributed by atoms with Gasteiger partial charge in [0.05, 0.1) is 31.6 Å². The van der Waals surface area contributed by atoms with Crippen LogP contribution in [-0.2, 0) is 11.3 Å². The average Bonchev–Trinajstić information content (AvgIpc) is 3.41. The van der Waals surface area contributed by atoms with Crippen molar-refractivity contribution < 1.29 is 14.6 Å². The number of benzene rings is 3. The first-order valence-corrected chi connectivity index (χ1v) is 11.5. The van der Waals surface area contributed by atoms with Crippen LogP contribution in [0.4, 0.5) is 4.79 Å². The first-order valence-electron chi connectivity index (χ1n) is 11.5. The standard InChI is InChI=1S/C28H26N4O3/c33-27-12-7-17-31(26(27)20-35-19-21-8-3-1-4-9-21)28(34)32-18-25(29-30-32)24-15-13-23(14-16-24)22-10-5-2-6-11-22/h1-16,18,26-27,33H,17,19-20H2/t26-,27-/m1/s1. The van der Waals surface area contributed by atoms with Gasteiger partial charge in [-0.3, -0.25) is 0 Å². The number of hydrogen-bond acceptors (Lipinski definition) is 5. The van der Waals surface area contributed by atoms with Crippen LogP contribution in [0.5, 0.6) is 0 Å². The van der Waals surface area contributed by atoms with Gasteiger partial charge in [0.25, 0.3) is 0 Å². The largest absolute Gasteiger partial charge is 0.387 e. The summed E-state index contributed by atoms with van der Waals surface area (Å²) in [5.41, 5.74) is 4.73. The van der Waals surface area contributed by atoms with E-state index in [0.717, 1.165) is 22.3 Å². The summed E-state index contributed by atoms with van der Waals surface area (Å²) in [5.74, 6) is 0. The molecule has 4 aromatic rings. The molecule has 7 heteroatoms. The summed E-state index contributed by atoms with van der Waals surface area (Å²) in [6.45, 7) is 0.965. The molecule has 0 saturated carbocycles. The third kappa shape index (κ3) is 5.21. The lowest BCUT2D eigenvalue weighted by Crippen LogP contribution is -2.52. The van der Waals surface area contributed by atoms with E-state index in [1.165, 1.54) is 4.68 Å². The minimum Gasteiger partial charge on any atom is -0.387 e. The lowest BCUT2D eigenvalue weighted by molar-refractivity contribution is 0.0140. The fraction of sp³-hybridized carbons (Fsp3) is 0.179. The quantitative estimate of drug-likeness (QED) is 0.426. The number of carbonyl (C=O) groups is 1. The zero-order valence-corrected chi connectivity index (χ0v) is 19.1. The zero-order valence-electron chi connectivity index (χ0n) is 19.1. The maximum atomic E-state index is 13.3. The van der Waals surface area contributed by atoms with Crippen LogP contribution in [-0.4, -0.2) is 56.3 Å². The Balaban J connectivity index is 1.27. The monoisotopic (exact) mass is 466 g/mol. The molecular formula is C28H26N4O3. The highest BCUT2D eigenvalue weighted by atomic mass is 16.5. The molecule has 7 nitrogen and oxygen atoms in total. The van der Waals surface area contributed by atoms with Gasteiger partial charge in [-0.2, -0.15) is 4.68 Å². The molecule has 2 heterocycles. The summed E-state index contributed by atoms with van der Waals surface area (Å²) in [5, 5.41) is 18.8. The Morgan fingerprint density at radius 1 is 0.914 bits per heavy atom. The van der Waals surface area contributed by atoms with E-state index in [4.69, 9.17) is 4.74 Å². The van der Waals surface area contributed by atoms with Gasteiger partial charge in [-0.05, 0) is 16.7 Å². The van der Waals surface area contributed by atoms with Crippen molar-refractivity contribution in [3.63, 3.8) is 0 Å². The van der Waals surface area contributed by atoms with Crippen LogP contribution in [0.2, 0.25) is 0 Å². The fourth-order valence-electron chi connectivity index (χ4n) is 4.13. The second-order valence-corrected chi connectivity index (χ2v) is 8.41. The van der Waals surface area contributed by atoms with Crippen LogP contribution >= 0.6 is 0 Å². The molecule has 1 amide bonds. The summed E-state index contributed by atoms with van der Waals surface area (Å²) >= 11 is 0. The van der Waals surface area contributed by atoms with E-state index in [-0.39, 0.29) is 12.6 Å². The van der Waals surface area contributed by atoms with E-state index in [1.54, 1.807) is 23.2 Å². The zero-order chi connectivity index (χ0) is 24.0. The Bertz CT molecular complexity index is 1290. The van der Waals surface area contributed by atoms with Crippen molar-refractivity contribution in [2.45, 2.75) is 18.8 Å². The van der Waals surface area contributed by atoms with Gasteiger partial charge in [0.15, 0.2) is 0 Å². The summed E-state index contributed by atoms with van der Waals surface area (Å²) < 4.78 is 7.05. The molecule has 5 rings (SSSR count). The molecule has 3 aromatic carbocycles. The highest BCUT2D eigenvalue weighted by molar-refractivity contribution is 5.78. The van der Waals surface area contributed by atoms with Crippen molar-refractivity contribution in [2.75, 3.05) is 13.2 Å². The molecule has 0 radical (unpaired) electrons. The van der Waals surface area contributed by atoms with Crippen molar-refractivity contribution in [3.8, 4) is 22.4 Å². The van der Waals surface area contributed by atoms with Crippen LogP contribution in [0.25, 0.3) is 22.4 Å². The van der Waals surface area contributed by atoms with Crippen molar-refractivity contribution in [2.24, 2.45) is 0 Å². The molecule has 0 unspecified atom stereocenters. The number of hydrogen-bond donors (Lipinski definition) is 1. The second-order valence-electron chi connectivity index (χ2n) is 8.41. The summed E-state index contributed by atoms with van der Waals surface area (Å²) in [6, 6.07) is 27.0. The molecule has 0 bridgehead atoms. The topological polar surface area (TPSA) is 80.5 Å². The van der Waals surface area contributed by atoms with Gasteiger partial charge in [0.1, 0.15) is 5.69 Å². The van der Waals surface area contributed by atoms with E-state index < -0.39 is 12.1 Å². The number of ether oxygens (including phenoxy) is 1. The van der Waals surface area contributed by atoms with Crippen molar-refractivity contribution in [1.29, 1.82) is 0 Å². The molecule has 1 aromatic heterocycles. The Labute approximate surface area is 203 Å². The van der Waals surface area contributed by atoms with Gasteiger partial charge in [-0.15, -0.1) is 5.10 Å². The van der Waals surface area contributed by atoms with Crippen LogP contribution in [0, 0.1) is 0 Å². The number of aliphatic hydroxyl groups excluding tert-OH is 1. The van der Waals surface area contributed by atoms with Gasteiger partial charge in [0, 0.05) is 12.1 Å². The molecule has 0 saturated heterocycles. The summed E-state index contributed by atoms with van der Waals surface area (Å²) in [6.07, 6.45) is 4.27. The highest BCUT2D eigenvalue weighted by Crippen LogP contribution is 2.24. The molecular weight excluding hydrogens is 440 g/mol. The van der Waals surface area contributed by atoms with E-state index >= 15 is 0 Å². The first kappa shape index (κ1) is 22.7. The van der Waals surface area contributed by atoms with Gasteiger partial charge in [-0.1, -0.05) is 102 Å². The van der Waals surface area contributed by atoms with Crippen LogP contribution in [0.3, 0.4) is 0 Å². The average molecular weight is 467 g/mol. The molecule has 0 fully saturated rings. The Hall–Kier alpha value is -4.07. The third-order valence-corrected chi connectivity index (χ3v) is 6.05. The van der Waals surface area contributed by atoms with Gasteiger partial charge in [0.2, 0.25) is 0 Å². The lowest BCUT2D eigenvalue weighted by atomic mass is 10.0. The predicted octanol–water partition coefficient (Wildman–Crippen LogP) is 4.40. The Morgan fingerprint density at radius 3 is 2.31 bits per heavy atom. The van der Waals surface area contributed by atoms with E-state index in [2.05, 4.69) is 22.4 Å². The molecule has 176 valence electrons. The minimum absolute atomic E-state index is 0.203. The van der Waals surface area contributed by atoms with Crippen LogP contribution in [0.15, 0.2) is 103 Å². The van der Waals surface area contributed by atoms with Crippen molar-refractivity contribution in [1.82, 2.24) is 19.9 Å². The number of aromatic nitrogens is 3. The molecule has 0 aliphatic carbocycles. The predicted molar refractivity (Wildman–Crippen MR) is 133 cm³/mol. The van der Waals surface area contributed by atoms with Crippen molar-refractivity contribution >= 4 is 6.03 Å². The molecule has 35 heavy (non-hydrogen) atoms. The number of rotatable bonds is 6. The second kappa shape index (κ2) is 10.5. The maximum absolute atomic E-state index is 13.3. The summed E-state index contributed by atoms with van der Waals surface area (Å²) in [4.78, 5) is 14.8. The first-order chi connectivity index (χ1) is 17.2. The molecule has 2 atom stereocenters. The Kier molecular flexibility index (Phi) is 6.79. The maximum Gasteiger partial charge on any atom is 0.346 e. The molecule has 0 spiro atoms. The van der Waals surface area contributed by atoms with Gasteiger partial charge < -0.3 is 14.7 Å². The van der Waals surface area contributed by atoms with E-state index in [1.807, 2.05) is 72.8 Å². The van der Waals surface area contributed by atoms with Crippen LogP contribution in [0.1, 0.15) is 5.56 Å². The van der Waals surface area contributed by atoms with Crippen molar-refractivity contribution in [3.05, 3.63) is 109 Å². The minimum atomic E-state index is -0.822. The van der Waals surface area contributed by atoms with E-state index in [0.29, 0.717) is 18.8 Å². The molecule has 1 aliphatic heterocycles. The highest BCUT2D eigenvalue weighted by Gasteiger charge is 2.32. The SMILES string of the molecule is O=C(N1CC=C[C@@H](O)[C@H]1COCc1ccccc1)n1cc(-c2ccc(-c3ccccc3)cc2)nn1. The van der Waals surface area contributed by atoms with E-state index in [9.17, 15) is 9.90 Å². The normalized spacial score (nSPS) is 17.5. The number of carbonyl (C=O) groups excluding carboxylic acids is 1. The smallest absolute Gasteiger partial charge is 0.346 e. The number of nitrogens with zero attached hydrogens (tertiary/aromatic N) is 4. The number of amides is 1. The van der Waals surface area contributed by atoms with Gasteiger partial charge >= 0.3 is 6.03 Å². The third-order valence-electron chi connectivity index (χ3n) is 6.05. The van der Waals surface area contributed by atoms with Gasteiger partial charge in [-0.25, -0.2) is 4.79 Å². The lowest BCUT2D eigenvalue weighted by Gasteiger charge is -2.35. The summed E-state index contributed by atoms with van der Waals surface area (Å²) in [7, 11) is 0. The fourth-order valence-corrected chi connectivity index (χ4v) is 4.13. The molecule has 1 aliphatic rings.